The molecule has 0 amide bonds. The fourth-order valence-corrected chi connectivity index (χ4v) is 2.04. The zero-order valence-corrected chi connectivity index (χ0v) is 12.7. The Morgan fingerprint density at radius 1 is 1.38 bits per heavy atom. The molecule has 2 aromatic rings. The summed E-state index contributed by atoms with van der Waals surface area (Å²) in [6, 6.07) is 8.27. The van der Waals surface area contributed by atoms with Gasteiger partial charge in [-0.15, -0.1) is 5.10 Å². The first kappa shape index (κ1) is 15.0. The average Bonchev–Trinajstić information content (AvgIpc) is 2.98. The molecule has 0 unspecified atom stereocenters. The molecular weight excluding hydrogens is 264 g/mol. The van der Waals surface area contributed by atoms with Crippen LogP contribution in [0.15, 0.2) is 24.5 Å². The molecule has 0 bridgehead atoms. The fourth-order valence-electron chi connectivity index (χ4n) is 2.04. The van der Waals surface area contributed by atoms with E-state index in [1.165, 1.54) is 5.56 Å². The summed E-state index contributed by atoms with van der Waals surface area (Å²) >= 11 is 0. The van der Waals surface area contributed by atoms with Crippen LogP contribution in [0.1, 0.15) is 32.3 Å². The van der Waals surface area contributed by atoms with Crippen LogP contribution in [0.3, 0.4) is 0 Å². The third kappa shape index (κ3) is 4.02. The van der Waals surface area contributed by atoms with Crippen molar-refractivity contribution < 1.29 is 0 Å². The minimum atomic E-state index is 0.0764. The van der Waals surface area contributed by atoms with Crippen molar-refractivity contribution >= 4 is 5.69 Å². The highest BCUT2D eigenvalue weighted by Crippen LogP contribution is 2.25. The minimum Gasteiger partial charge on any atom is -0.384 e. The number of nitriles is 1. The molecule has 0 atom stereocenters. The van der Waals surface area contributed by atoms with Crippen molar-refractivity contribution in [2.45, 2.75) is 33.6 Å². The van der Waals surface area contributed by atoms with Gasteiger partial charge in [-0.05, 0) is 46.9 Å². The Balaban J connectivity index is 2.10. The monoisotopic (exact) mass is 284 g/mol. The Labute approximate surface area is 124 Å². The Hall–Kier alpha value is -2.42. The molecule has 110 valence electrons. The van der Waals surface area contributed by atoms with E-state index in [2.05, 4.69) is 47.7 Å². The zero-order valence-electron chi connectivity index (χ0n) is 12.7. The predicted molar refractivity (Wildman–Crippen MR) is 81.0 cm³/mol. The maximum absolute atomic E-state index is 8.71. The smallest absolute Gasteiger partial charge is 0.143 e. The minimum absolute atomic E-state index is 0.0764. The number of hydrogen-bond donors (Lipinski definition) is 1. The largest absolute Gasteiger partial charge is 0.384 e. The van der Waals surface area contributed by atoms with E-state index >= 15 is 0 Å². The van der Waals surface area contributed by atoms with Crippen LogP contribution in [0.25, 0.3) is 5.69 Å². The van der Waals surface area contributed by atoms with Gasteiger partial charge in [-0.25, -0.2) is 4.68 Å². The average molecular weight is 284 g/mol. The van der Waals surface area contributed by atoms with Crippen LogP contribution >= 0.6 is 0 Å². The molecule has 1 aromatic carbocycles. The molecule has 2 rings (SSSR count). The highest BCUT2D eigenvalue weighted by atomic mass is 15.5. The maximum atomic E-state index is 8.71. The van der Waals surface area contributed by atoms with Crippen LogP contribution in [-0.2, 0) is 0 Å². The molecule has 0 aliphatic heterocycles. The molecule has 0 radical (unpaired) electrons. The molecule has 6 nitrogen and oxygen atoms in total. The summed E-state index contributed by atoms with van der Waals surface area (Å²) < 4.78 is 1.63. The summed E-state index contributed by atoms with van der Waals surface area (Å²) in [6.45, 7) is 7.21. The highest BCUT2D eigenvalue weighted by molar-refractivity contribution is 5.56. The van der Waals surface area contributed by atoms with Gasteiger partial charge < -0.3 is 5.32 Å². The van der Waals surface area contributed by atoms with E-state index in [9.17, 15) is 0 Å². The molecule has 0 aliphatic rings. The van der Waals surface area contributed by atoms with Crippen LogP contribution < -0.4 is 5.32 Å². The van der Waals surface area contributed by atoms with E-state index in [-0.39, 0.29) is 5.41 Å². The molecule has 1 N–H and O–H groups in total. The number of tetrazole rings is 1. The Bertz CT molecular complexity index is 624. The lowest BCUT2D eigenvalue weighted by Gasteiger charge is -2.25. The first-order valence-corrected chi connectivity index (χ1v) is 6.97. The van der Waals surface area contributed by atoms with Gasteiger partial charge in [0.25, 0.3) is 0 Å². The van der Waals surface area contributed by atoms with E-state index in [0.717, 1.165) is 24.3 Å². The zero-order chi connectivity index (χ0) is 15.3. The molecule has 0 saturated heterocycles. The van der Waals surface area contributed by atoms with E-state index < -0.39 is 0 Å². The van der Waals surface area contributed by atoms with Crippen molar-refractivity contribution in [1.29, 1.82) is 5.26 Å². The Morgan fingerprint density at radius 2 is 2.19 bits per heavy atom. The lowest BCUT2D eigenvalue weighted by molar-refractivity contribution is 0.364. The van der Waals surface area contributed by atoms with Gasteiger partial charge in [0, 0.05) is 18.7 Å². The summed E-state index contributed by atoms with van der Waals surface area (Å²) in [5, 5.41) is 23.4. The highest BCUT2D eigenvalue weighted by Gasteiger charge is 2.17. The summed E-state index contributed by atoms with van der Waals surface area (Å²) in [5.74, 6) is 0. The van der Waals surface area contributed by atoms with Gasteiger partial charge in [-0.3, -0.25) is 0 Å². The van der Waals surface area contributed by atoms with Crippen LogP contribution in [0.2, 0.25) is 0 Å². The molecule has 21 heavy (non-hydrogen) atoms. The first-order valence-electron chi connectivity index (χ1n) is 6.97. The second-order valence-electron chi connectivity index (χ2n) is 5.93. The molecule has 6 heteroatoms. The number of aromatic nitrogens is 4. The fraction of sp³-hybridized carbons (Fsp3) is 0.467. The van der Waals surface area contributed by atoms with Crippen LogP contribution in [-0.4, -0.2) is 26.8 Å². The van der Waals surface area contributed by atoms with Crippen LogP contribution in [0.5, 0.6) is 0 Å². The Morgan fingerprint density at radius 3 is 2.86 bits per heavy atom. The Kier molecular flexibility index (Phi) is 4.53. The predicted octanol–water partition coefficient (Wildman–Crippen LogP) is 2.71. The van der Waals surface area contributed by atoms with Gasteiger partial charge >= 0.3 is 0 Å². The number of hydrogen-bond acceptors (Lipinski definition) is 5. The van der Waals surface area contributed by atoms with Crippen molar-refractivity contribution in [1.82, 2.24) is 20.2 Å². The molecule has 0 saturated carbocycles. The quantitative estimate of drug-likeness (QED) is 0.882. The number of benzene rings is 1. The number of anilines is 1. The SMILES string of the molecule is Cc1ccc(-n2cnnn2)cc1NCC(C)(C)CCC#N. The normalized spacial score (nSPS) is 11.1. The van der Waals surface area contributed by atoms with E-state index in [1.54, 1.807) is 11.0 Å². The van der Waals surface area contributed by atoms with Crippen molar-refractivity contribution in [3.63, 3.8) is 0 Å². The van der Waals surface area contributed by atoms with E-state index in [0.29, 0.717) is 6.42 Å². The van der Waals surface area contributed by atoms with E-state index in [4.69, 9.17) is 5.26 Å². The number of nitrogens with zero attached hydrogens (tertiary/aromatic N) is 5. The topological polar surface area (TPSA) is 79.4 Å². The van der Waals surface area contributed by atoms with Crippen LogP contribution in [0.4, 0.5) is 5.69 Å². The van der Waals surface area contributed by atoms with Crippen molar-refractivity contribution in [3.05, 3.63) is 30.1 Å². The van der Waals surface area contributed by atoms with Gasteiger partial charge in [-0.1, -0.05) is 19.9 Å². The third-order valence-corrected chi connectivity index (χ3v) is 3.51. The lowest BCUT2D eigenvalue weighted by Crippen LogP contribution is -2.23. The van der Waals surface area contributed by atoms with E-state index in [1.807, 2.05) is 18.2 Å². The van der Waals surface area contributed by atoms with Crippen LogP contribution in [0, 0.1) is 23.7 Å². The second kappa shape index (κ2) is 6.35. The van der Waals surface area contributed by atoms with Gasteiger partial charge in [0.1, 0.15) is 6.33 Å². The molecule has 1 heterocycles. The van der Waals surface area contributed by atoms with Gasteiger partial charge in [0.05, 0.1) is 11.8 Å². The van der Waals surface area contributed by atoms with Gasteiger partial charge in [0.2, 0.25) is 0 Å². The second-order valence-corrected chi connectivity index (χ2v) is 5.93. The maximum Gasteiger partial charge on any atom is 0.143 e. The molecular formula is C15H20N6. The number of nitrogens with one attached hydrogen (secondary N) is 1. The number of aryl methyl sites for hydroxylation is 1. The molecule has 1 aromatic heterocycles. The lowest BCUT2D eigenvalue weighted by atomic mass is 9.88. The van der Waals surface area contributed by atoms with Crippen molar-refractivity contribution in [3.8, 4) is 11.8 Å². The summed E-state index contributed by atoms with van der Waals surface area (Å²) in [7, 11) is 0. The summed E-state index contributed by atoms with van der Waals surface area (Å²) in [6.07, 6.45) is 3.03. The van der Waals surface area contributed by atoms with Gasteiger partial charge in [-0.2, -0.15) is 5.26 Å². The van der Waals surface area contributed by atoms with Crippen molar-refractivity contribution in [2.75, 3.05) is 11.9 Å². The molecule has 0 aliphatic carbocycles. The number of rotatable bonds is 6. The molecule has 0 spiro atoms. The summed E-state index contributed by atoms with van der Waals surface area (Å²) in [5.41, 5.74) is 3.23. The summed E-state index contributed by atoms with van der Waals surface area (Å²) in [4.78, 5) is 0. The first-order chi connectivity index (χ1) is 10.0. The van der Waals surface area contributed by atoms with Gasteiger partial charge in [0.15, 0.2) is 0 Å². The van der Waals surface area contributed by atoms with Crippen molar-refractivity contribution in [2.24, 2.45) is 5.41 Å². The standard InChI is InChI=1S/C15H20N6/c1-12-5-6-13(21-11-18-19-20-21)9-14(12)17-10-15(2,3)7-4-8-16/h5-6,9,11,17H,4,7,10H2,1-3H3. The molecule has 0 fully saturated rings. The third-order valence-electron chi connectivity index (χ3n) is 3.51.